The molecule has 2 heterocycles. The lowest BCUT2D eigenvalue weighted by molar-refractivity contribution is 0.0525. The summed E-state index contributed by atoms with van der Waals surface area (Å²) in [5.74, 6) is -0.385. The molecule has 17 heavy (non-hydrogen) atoms. The Bertz CT molecular complexity index is 504. The fraction of sp³-hybridized carbons (Fsp3) is 0.444. The maximum Gasteiger partial charge on any atom is 0.341 e. The fourth-order valence-corrected chi connectivity index (χ4v) is 1.44. The standard InChI is InChI=1S/C9H12N6O2/c1-3-17-9(16)7-4-14(2)11-8(7)5-15-6-10-12-13-15/h4,6H,3,5H2,1-2H3. The minimum absolute atomic E-state index is 0.331. The summed E-state index contributed by atoms with van der Waals surface area (Å²) >= 11 is 0. The number of aryl methyl sites for hydroxylation is 1. The maximum atomic E-state index is 11.7. The molecule has 0 atom stereocenters. The van der Waals surface area contributed by atoms with Gasteiger partial charge in [-0.25, -0.2) is 9.48 Å². The number of rotatable bonds is 4. The number of carbonyl (C=O) groups excluding carboxylic acids is 1. The summed E-state index contributed by atoms with van der Waals surface area (Å²) in [5, 5.41) is 14.9. The van der Waals surface area contributed by atoms with Crippen molar-refractivity contribution >= 4 is 5.97 Å². The number of tetrazole rings is 1. The highest BCUT2D eigenvalue weighted by molar-refractivity contribution is 5.90. The topological polar surface area (TPSA) is 87.7 Å². The van der Waals surface area contributed by atoms with E-state index in [0.717, 1.165) is 0 Å². The first kappa shape index (κ1) is 11.2. The van der Waals surface area contributed by atoms with Crippen molar-refractivity contribution in [1.82, 2.24) is 30.0 Å². The first-order chi connectivity index (χ1) is 8.20. The van der Waals surface area contributed by atoms with Gasteiger partial charge >= 0.3 is 5.97 Å². The van der Waals surface area contributed by atoms with Gasteiger partial charge in [-0.1, -0.05) is 0 Å². The van der Waals surface area contributed by atoms with Gasteiger partial charge < -0.3 is 4.74 Å². The summed E-state index contributed by atoms with van der Waals surface area (Å²) in [4.78, 5) is 11.7. The zero-order chi connectivity index (χ0) is 12.3. The summed E-state index contributed by atoms with van der Waals surface area (Å²) in [6.07, 6.45) is 3.08. The molecule has 0 aliphatic rings. The molecule has 0 saturated carbocycles. The van der Waals surface area contributed by atoms with E-state index in [4.69, 9.17) is 4.74 Å². The average molecular weight is 236 g/mol. The Morgan fingerprint density at radius 1 is 1.53 bits per heavy atom. The van der Waals surface area contributed by atoms with E-state index in [9.17, 15) is 4.79 Å². The Morgan fingerprint density at radius 2 is 2.35 bits per heavy atom. The lowest BCUT2D eigenvalue weighted by atomic mass is 10.2. The summed E-state index contributed by atoms with van der Waals surface area (Å²) < 4.78 is 8.00. The van der Waals surface area contributed by atoms with E-state index < -0.39 is 0 Å². The van der Waals surface area contributed by atoms with Crippen molar-refractivity contribution in [3.63, 3.8) is 0 Å². The molecule has 0 aliphatic carbocycles. The molecule has 0 N–H and O–H groups in total. The molecule has 0 aliphatic heterocycles. The first-order valence-electron chi connectivity index (χ1n) is 5.11. The van der Waals surface area contributed by atoms with Crippen LogP contribution in [0.4, 0.5) is 0 Å². The molecular formula is C9H12N6O2. The van der Waals surface area contributed by atoms with Crippen LogP contribution in [0.2, 0.25) is 0 Å². The number of aromatic nitrogens is 6. The van der Waals surface area contributed by atoms with E-state index in [1.54, 1.807) is 24.9 Å². The molecule has 0 radical (unpaired) electrons. The van der Waals surface area contributed by atoms with Crippen molar-refractivity contribution < 1.29 is 9.53 Å². The van der Waals surface area contributed by atoms with Gasteiger partial charge in [-0.05, 0) is 17.4 Å². The van der Waals surface area contributed by atoms with Gasteiger partial charge in [0.1, 0.15) is 11.9 Å². The van der Waals surface area contributed by atoms with Crippen molar-refractivity contribution in [3.05, 3.63) is 23.8 Å². The van der Waals surface area contributed by atoms with Crippen LogP contribution >= 0.6 is 0 Å². The van der Waals surface area contributed by atoms with E-state index in [2.05, 4.69) is 20.6 Å². The van der Waals surface area contributed by atoms with Crippen LogP contribution in [0.1, 0.15) is 23.0 Å². The van der Waals surface area contributed by atoms with Gasteiger partial charge in [0.25, 0.3) is 0 Å². The van der Waals surface area contributed by atoms with Crippen LogP contribution in [-0.4, -0.2) is 42.6 Å². The average Bonchev–Trinajstić information content (AvgIpc) is 2.89. The number of esters is 1. The van der Waals surface area contributed by atoms with Gasteiger partial charge in [0.05, 0.1) is 18.8 Å². The molecule has 0 unspecified atom stereocenters. The van der Waals surface area contributed by atoms with Crippen LogP contribution in [-0.2, 0) is 18.3 Å². The van der Waals surface area contributed by atoms with E-state index >= 15 is 0 Å². The molecule has 2 aromatic heterocycles. The lowest BCUT2D eigenvalue weighted by Crippen LogP contribution is -2.10. The summed E-state index contributed by atoms with van der Waals surface area (Å²) in [5.41, 5.74) is 1.02. The molecule has 0 saturated heterocycles. The molecule has 0 aromatic carbocycles. The van der Waals surface area contributed by atoms with Crippen molar-refractivity contribution in [2.45, 2.75) is 13.5 Å². The Kier molecular flexibility index (Phi) is 3.12. The minimum atomic E-state index is -0.385. The zero-order valence-corrected chi connectivity index (χ0v) is 9.57. The number of nitrogens with zero attached hydrogens (tertiary/aromatic N) is 6. The normalized spacial score (nSPS) is 10.5. The zero-order valence-electron chi connectivity index (χ0n) is 9.57. The largest absolute Gasteiger partial charge is 0.462 e. The van der Waals surface area contributed by atoms with Crippen molar-refractivity contribution in [1.29, 1.82) is 0 Å². The van der Waals surface area contributed by atoms with Crippen LogP contribution in [0.5, 0.6) is 0 Å². The second-order valence-corrected chi connectivity index (χ2v) is 3.39. The third-order valence-electron chi connectivity index (χ3n) is 2.10. The second-order valence-electron chi connectivity index (χ2n) is 3.39. The van der Waals surface area contributed by atoms with Crippen LogP contribution in [0.25, 0.3) is 0 Å². The molecule has 0 spiro atoms. The van der Waals surface area contributed by atoms with E-state index in [0.29, 0.717) is 24.4 Å². The molecule has 90 valence electrons. The van der Waals surface area contributed by atoms with Crippen LogP contribution < -0.4 is 0 Å². The molecule has 0 amide bonds. The van der Waals surface area contributed by atoms with Crippen molar-refractivity contribution in [2.75, 3.05) is 6.61 Å². The van der Waals surface area contributed by atoms with Gasteiger partial charge in [-0.15, -0.1) is 5.10 Å². The maximum absolute atomic E-state index is 11.7. The van der Waals surface area contributed by atoms with Gasteiger partial charge in [0.2, 0.25) is 0 Å². The predicted octanol–water partition coefficient (Wildman–Crippen LogP) is -0.368. The summed E-state index contributed by atoms with van der Waals surface area (Å²) in [6, 6.07) is 0. The second kappa shape index (κ2) is 4.73. The Labute approximate surface area is 97.2 Å². The lowest BCUT2D eigenvalue weighted by Gasteiger charge is -2.01. The van der Waals surface area contributed by atoms with Crippen LogP contribution in [0.15, 0.2) is 12.5 Å². The Morgan fingerprint density at radius 3 is 3.00 bits per heavy atom. The van der Waals surface area contributed by atoms with Gasteiger partial charge in [0.15, 0.2) is 0 Å². The van der Waals surface area contributed by atoms with Crippen LogP contribution in [0.3, 0.4) is 0 Å². The quantitative estimate of drug-likeness (QED) is 0.673. The van der Waals surface area contributed by atoms with Crippen molar-refractivity contribution in [2.24, 2.45) is 7.05 Å². The molecule has 8 nitrogen and oxygen atoms in total. The van der Waals surface area contributed by atoms with E-state index in [1.807, 2.05) is 0 Å². The molecule has 2 rings (SSSR count). The third-order valence-corrected chi connectivity index (χ3v) is 2.10. The van der Waals surface area contributed by atoms with E-state index in [1.165, 1.54) is 11.0 Å². The SMILES string of the molecule is CCOC(=O)c1cn(C)nc1Cn1cnnn1. The van der Waals surface area contributed by atoms with Gasteiger partial charge in [0, 0.05) is 13.2 Å². The smallest absolute Gasteiger partial charge is 0.341 e. The molecule has 0 fully saturated rings. The van der Waals surface area contributed by atoms with Crippen LogP contribution in [0, 0.1) is 0 Å². The highest BCUT2D eigenvalue weighted by Crippen LogP contribution is 2.09. The highest BCUT2D eigenvalue weighted by atomic mass is 16.5. The number of carbonyl (C=O) groups is 1. The monoisotopic (exact) mass is 236 g/mol. The number of ether oxygens (including phenoxy) is 1. The molecule has 8 heteroatoms. The van der Waals surface area contributed by atoms with Gasteiger partial charge in [-0.2, -0.15) is 5.10 Å². The summed E-state index contributed by atoms with van der Waals surface area (Å²) in [7, 11) is 1.74. The Hall–Kier alpha value is -2.25. The van der Waals surface area contributed by atoms with E-state index in [-0.39, 0.29) is 5.97 Å². The fourth-order valence-electron chi connectivity index (χ4n) is 1.44. The third kappa shape index (κ3) is 2.47. The number of hydrogen-bond acceptors (Lipinski definition) is 6. The highest BCUT2D eigenvalue weighted by Gasteiger charge is 2.17. The molecule has 0 bridgehead atoms. The molecule has 2 aromatic rings. The van der Waals surface area contributed by atoms with Gasteiger partial charge in [-0.3, -0.25) is 4.68 Å². The van der Waals surface area contributed by atoms with Crippen molar-refractivity contribution in [3.8, 4) is 0 Å². The predicted molar refractivity (Wildman–Crippen MR) is 56.1 cm³/mol. The first-order valence-corrected chi connectivity index (χ1v) is 5.11. The Balaban J connectivity index is 2.24. The molecular weight excluding hydrogens is 224 g/mol. The summed E-state index contributed by atoms with van der Waals surface area (Å²) in [6.45, 7) is 2.43. The number of hydrogen-bond donors (Lipinski definition) is 0. The minimum Gasteiger partial charge on any atom is -0.462 e.